The van der Waals surface area contributed by atoms with Crippen LogP contribution in [0.1, 0.15) is 5.56 Å². The van der Waals surface area contributed by atoms with Gasteiger partial charge in [-0.3, -0.25) is 4.79 Å². The van der Waals surface area contributed by atoms with Gasteiger partial charge in [0.2, 0.25) is 0 Å². The lowest BCUT2D eigenvalue weighted by atomic mass is 10.1. The van der Waals surface area contributed by atoms with Crippen LogP contribution in [0.2, 0.25) is 5.02 Å². The van der Waals surface area contributed by atoms with Gasteiger partial charge in [-0.25, -0.2) is 4.79 Å². The molecule has 1 aromatic carbocycles. The standard InChI is InChI=1S/C14H14ClNO5/c15-9-1-2-11-8(5-9)6-12(21-11)13(17)16-3-4-20-7-10(16)14(18)19/h1-2,5,10,12H,3-4,6-7H2,(H,18,19)/t10-,12+/m1/s1. The first-order valence-corrected chi connectivity index (χ1v) is 7.00. The summed E-state index contributed by atoms with van der Waals surface area (Å²) in [6.45, 7) is 0.598. The van der Waals surface area contributed by atoms with Crippen molar-refractivity contribution in [2.75, 3.05) is 19.8 Å². The molecule has 2 aliphatic rings. The molecule has 2 aliphatic heterocycles. The highest BCUT2D eigenvalue weighted by Gasteiger charge is 2.39. The van der Waals surface area contributed by atoms with Crippen molar-refractivity contribution in [2.45, 2.75) is 18.6 Å². The van der Waals surface area contributed by atoms with Crippen molar-refractivity contribution in [3.63, 3.8) is 0 Å². The lowest BCUT2D eigenvalue weighted by molar-refractivity contribution is -0.161. The van der Waals surface area contributed by atoms with E-state index in [1.165, 1.54) is 4.90 Å². The van der Waals surface area contributed by atoms with Crippen LogP contribution in [0.25, 0.3) is 0 Å². The molecule has 0 saturated carbocycles. The smallest absolute Gasteiger partial charge is 0.328 e. The summed E-state index contributed by atoms with van der Waals surface area (Å²) in [5, 5.41) is 9.76. The van der Waals surface area contributed by atoms with E-state index in [1.54, 1.807) is 18.2 Å². The number of carbonyl (C=O) groups is 2. The fraction of sp³-hybridized carbons (Fsp3) is 0.429. The minimum Gasteiger partial charge on any atom is -0.480 e. The van der Waals surface area contributed by atoms with E-state index in [9.17, 15) is 14.7 Å². The van der Waals surface area contributed by atoms with Gasteiger partial charge in [0.1, 0.15) is 5.75 Å². The number of halogens is 1. The number of amides is 1. The number of aliphatic carboxylic acids is 1. The minimum absolute atomic E-state index is 0.00652. The van der Waals surface area contributed by atoms with Crippen molar-refractivity contribution >= 4 is 23.5 Å². The third-order valence-electron chi connectivity index (χ3n) is 3.67. The molecule has 1 N–H and O–H groups in total. The van der Waals surface area contributed by atoms with Crippen LogP contribution in [0.5, 0.6) is 5.75 Å². The summed E-state index contributed by atoms with van der Waals surface area (Å²) in [5.41, 5.74) is 0.862. The average Bonchev–Trinajstić information content (AvgIpc) is 2.89. The fourth-order valence-electron chi connectivity index (χ4n) is 2.61. The van der Waals surface area contributed by atoms with Crippen molar-refractivity contribution in [1.29, 1.82) is 0 Å². The molecule has 0 aliphatic carbocycles. The first-order valence-electron chi connectivity index (χ1n) is 6.62. The Bertz CT molecular complexity index is 591. The zero-order valence-electron chi connectivity index (χ0n) is 11.1. The molecule has 0 bridgehead atoms. The molecule has 1 amide bonds. The normalized spacial score (nSPS) is 24.3. The molecule has 6 nitrogen and oxygen atoms in total. The number of carbonyl (C=O) groups excluding carboxylic acids is 1. The third-order valence-corrected chi connectivity index (χ3v) is 3.90. The lowest BCUT2D eigenvalue weighted by Crippen LogP contribution is -2.56. The van der Waals surface area contributed by atoms with E-state index in [2.05, 4.69) is 0 Å². The summed E-state index contributed by atoms with van der Waals surface area (Å²) < 4.78 is 10.8. The van der Waals surface area contributed by atoms with Crippen LogP contribution in [-0.4, -0.2) is 53.8 Å². The van der Waals surface area contributed by atoms with Gasteiger partial charge in [-0.05, 0) is 23.8 Å². The van der Waals surface area contributed by atoms with E-state index in [0.717, 1.165) is 5.56 Å². The van der Waals surface area contributed by atoms with Gasteiger partial charge in [0.25, 0.3) is 5.91 Å². The van der Waals surface area contributed by atoms with Crippen LogP contribution < -0.4 is 4.74 Å². The summed E-state index contributed by atoms with van der Waals surface area (Å²) in [7, 11) is 0. The Labute approximate surface area is 126 Å². The average molecular weight is 312 g/mol. The Kier molecular flexibility index (Phi) is 3.73. The van der Waals surface area contributed by atoms with Crippen LogP contribution >= 0.6 is 11.6 Å². The number of nitrogens with zero attached hydrogens (tertiary/aromatic N) is 1. The van der Waals surface area contributed by atoms with E-state index in [1.807, 2.05) is 0 Å². The first kappa shape index (κ1) is 14.2. The molecule has 0 aromatic heterocycles. The number of benzene rings is 1. The SMILES string of the molecule is O=C(O)[C@H]1COCCN1C(=O)[C@@H]1Cc2cc(Cl)ccc2O1. The predicted molar refractivity (Wildman–Crippen MR) is 73.5 cm³/mol. The van der Waals surface area contributed by atoms with Gasteiger partial charge in [0.05, 0.1) is 13.2 Å². The maximum absolute atomic E-state index is 12.5. The maximum Gasteiger partial charge on any atom is 0.328 e. The Hall–Kier alpha value is -1.79. The van der Waals surface area contributed by atoms with Gasteiger partial charge >= 0.3 is 5.97 Å². The molecular weight excluding hydrogens is 298 g/mol. The minimum atomic E-state index is -1.07. The Balaban J connectivity index is 1.76. The number of rotatable bonds is 2. The Morgan fingerprint density at radius 2 is 2.19 bits per heavy atom. The molecule has 1 aromatic rings. The number of fused-ring (bicyclic) bond motifs is 1. The first-order chi connectivity index (χ1) is 10.1. The molecule has 7 heteroatoms. The van der Waals surface area contributed by atoms with Crippen LogP contribution in [-0.2, 0) is 20.7 Å². The Morgan fingerprint density at radius 1 is 1.38 bits per heavy atom. The number of carboxylic acids is 1. The quantitative estimate of drug-likeness (QED) is 0.880. The van der Waals surface area contributed by atoms with E-state index in [0.29, 0.717) is 23.8 Å². The maximum atomic E-state index is 12.5. The summed E-state index contributed by atoms with van der Waals surface area (Å²) in [6, 6.07) is 4.22. The van der Waals surface area contributed by atoms with E-state index in [-0.39, 0.29) is 19.1 Å². The molecule has 21 heavy (non-hydrogen) atoms. The second-order valence-electron chi connectivity index (χ2n) is 5.02. The number of morpholine rings is 1. The highest BCUT2D eigenvalue weighted by Crippen LogP contribution is 2.32. The molecule has 2 heterocycles. The van der Waals surface area contributed by atoms with Crippen molar-refractivity contribution in [3.05, 3.63) is 28.8 Å². The van der Waals surface area contributed by atoms with Crippen LogP contribution in [0.4, 0.5) is 0 Å². The second-order valence-corrected chi connectivity index (χ2v) is 5.46. The second kappa shape index (κ2) is 5.54. The number of hydrogen-bond acceptors (Lipinski definition) is 4. The largest absolute Gasteiger partial charge is 0.480 e. The predicted octanol–water partition coefficient (Wildman–Crippen LogP) is 0.956. The van der Waals surface area contributed by atoms with Gasteiger partial charge in [-0.1, -0.05) is 11.6 Å². The fourth-order valence-corrected chi connectivity index (χ4v) is 2.81. The summed E-state index contributed by atoms with van der Waals surface area (Å²) in [4.78, 5) is 25.1. The number of hydrogen-bond donors (Lipinski definition) is 1. The summed E-state index contributed by atoms with van der Waals surface area (Å²) in [5.74, 6) is -0.766. The number of carboxylic acid groups (broad SMARTS) is 1. The molecule has 0 radical (unpaired) electrons. The van der Waals surface area contributed by atoms with Crippen LogP contribution in [0, 0.1) is 0 Å². The molecule has 0 unspecified atom stereocenters. The Morgan fingerprint density at radius 3 is 2.95 bits per heavy atom. The highest BCUT2D eigenvalue weighted by atomic mass is 35.5. The molecular formula is C14H14ClNO5. The van der Waals surface area contributed by atoms with Crippen molar-refractivity contribution < 1.29 is 24.2 Å². The lowest BCUT2D eigenvalue weighted by Gasteiger charge is -2.34. The van der Waals surface area contributed by atoms with Gasteiger partial charge in [0, 0.05) is 18.0 Å². The molecule has 112 valence electrons. The van der Waals surface area contributed by atoms with Crippen LogP contribution in [0.3, 0.4) is 0 Å². The topological polar surface area (TPSA) is 76.1 Å². The molecule has 3 rings (SSSR count). The van der Waals surface area contributed by atoms with Gasteiger partial charge in [-0.2, -0.15) is 0 Å². The van der Waals surface area contributed by atoms with Crippen molar-refractivity contribution in [3.8, 4) is 5.75 Å². The van der Waals surface area contributed by atoms with Gasteiger partial charge < -0.3 is 19.5 Å². The summed E-state index contributed by atoms with van der Waals surface area (Å²) >= 11 is 5.92. The van der Waals surface area contributed by atoms with E-state index in [4.69, 9.17) is 21.1 Å². The van der Waals surface area contributed by atoms with Gasteiger partial charge in [0.15, 0.2) is 12.1 Å². The highest BCUT2D eigenvalue weighted by molar-refractivity contribution is 6.30. The molecule has 0 spiro atoms. The molecule has 2 atom stereocenters. The zero-order chi connectivity index (χ0) is 15.0. The molecule has 1 saturated heterocycles. The van der Waals surface area contributed by atoms with E-state index >= 15 is 0 Å². The summed E-state index contributed by atoms with van der Waals surface area (Å²) in [6.07, 6.45) is -0.295. The van der Waals surface area contributed by atoms with E-state index < -0.39 is 18.1 Å². The van der Waals surface area contributed by atoms with Crippen molar-refractivity contribution in [2.24, 2.45) is 0 Å². The van der Waals surface area contributed by atoms with Crippen molar-refractivity contribution in [1.82, 2.24) is 4.90 Å². The van der Waals surface area contributed by atoms with Crippen LogP contribution in [0.15, 0.2) is 18.2 Å². The number of ether oxygens (including phenoxy) is 2. The zero-order valence-corrected chi connectivity index (χ0v) is 11.9. The monoisotopic (exact) mass is 311 g/mol. The molecule has 1 fully saturated rings. The van der Waals surface area contributed by atoms with Gasteiger partial charge in [-0.15, -0.1) is 0 Å². The third kappa shape index (κ3) is 2.69.